The van der Waals surface area contributed by atoms with E-state index in [0.29, 0.717) is 16.7 Å². The number of hydrogen-bond donors (Lipinski definition) is 3. The zero-order valence-corrected chi connectivity index (χ0v) is 12.5. The molecule has 0 atom stereocenters. The van der Waals surface area contributed by atoms with Crippen molar-refractivity contribution >= 4 is 11.4 Å². The van der Waals surface area contributed by atoms with Crippen LogP contribution in [0, 0.1) is 4.91 Å². The van der Waals surface area contributed by atoms with Crippen molar-refractivity contribution in [3.05, 3.63) is 75.7 Å². The minimum absolute atomic E-state index is 0.0456. The highest BCUT2D eigenvalue weighted by atomic mass is 16.3. The van der Waals surface area contributed by atoms with E-state index in [-0.39, 0.29) is 23.4 Å². The first kappa shape index (κ1) is 16.2. The Hall–Kier alpha value is -3.15. The number of benzene rings is 1. The van der Waals surface area contributed by atoms with Crippen LogP contribution in [0.2, 0.25) is 0 Å². The van der Waals surface area contributed by atoms with Crippen LogP contribution in [0.4, 0.5) is 0 Å². The molecule has 0 radical (unpaired) electrons. The number of Topliss-reactive ketones (excluding diaryl/α,β-unsaturated/α-hetero) is 1. The SMILES string of the molecule is C/C=C1/CC(c2ccc(O)cc2)=C(O)C(=O)/C1=C(/C=C/N)N=O. The van der Waals surface area contributed by atoms with Crippen LogP contribution in [0.5, 0.6) is 5.75 Å². The predicted molar refractivity (Wildman–Crippen MR) is 87.2 cm³/mol. The summed E-state index contributed by atoms with van der Waals surface area (Å²) in [7, 11) is 0. The molecule has 0 fully saturated rings. The predicted octanol–water partition coefficient (Wildman–Crippen LogP) is 3.07. The summed E-state index contributed by atoms with van der Waals surface area (Å²) in [5, 5.41) is 22.4. The van der Waals surface area contributed by atoms with Crippen LogP contribution in [0.15, 0.2) is 70.4 Å². The zero-order chi connectivity index (χ0) is 17.0. The third kappa shape index (κ3) is 3.06. The summed E-state index contributed by atoms with van der Waals surface area (Å²) in [5.74, 6) is -1.04. The lowest BCUT2D eigenvalue weighted by Gasteiger charge is -2.21. The van der Waals surface area contributed by atoms with Gasteiger partial charge >= 0.3 is 0 Å². The van der Waals surface area contributed by atoms with Crippen LogP contribution in [-0.2, 0) is 4.79 Å². The highest BCUT2D eigenvalue weighted by molar-refractivity contribution is 6.16. The van der Waals surface area contributed by atoms with Crippen LogP contribution in [0.25, 0.3) is 5.57 Å². The molecule has 1 aromatic rings. The second-order valence-corrected chi connectivity index (χ2v) is 4.90. The first-order valence-electron chi connectivity index (χ1n) is 6.91. The van der Waals surface area contributed by atoms with Gasteiger partial charge in [-0.2, -0.15) is 0 Å². The Balaban J connectivity index is 2.63. The summed E-state index contributed by atoms with van der Waals surface area (Å²) >= 11 is 0. The molecule has 1 aliphatic carbocycles. The van der Waals surface area contributed by atoms with Gasteiger partial charge in [0.05, 0.1) is 5.57 Å². The van der Waals surface area contributed by atoms with Crippen LogP contribution in [0.1, 0.15) is 18.9 Å². The van der Waals surface area contributed by atoms with Gasteiger partial charge in [-0.15, -0.1) is 4.91 Å². The summed E-state index contributed by atoms with van der Waals surface area (Å²) in [4.78, 5) is 23.5. The molecule has 0 saturated carbocycles. The van der Waals surface area contributed by atoms with Gasteiger partial charge in [-0.1, -0.05) is 18.2 Å². The summed E-state index contributed by atoms with van der Waals surface area (Å²) in [6, 6.07) is 6.15. The Labute approximate surface area is 132 Å². The lowest BCUT2D eigenvalue weighted by molar-refractivity contribution is -0.114. The highest BCUT2D eigenvalue weighted by Crippen LogP contribution is 2.37. The molecule has 6 nitrogen and oxygen atoms in total. The van der Waals surface area contributed by atoms with Crippen molar-refractivity contribution < 1.29 is 15.0 Å². The standard InChI is InChI=1S/C17H16N2O4/c1-2-10-9-13(11-3-5-12(20)6-4-11)16(21)17(22)15(10)14(19-23)7-8-18/h2-8,20-21H,9,18H2,1H3/b8-7+,10-2-,15-14-. The Bertz CT molecular complexity index is 768. The van der Waals surface area contributed by atoms with Crippen LogP contribution >= 0.6 is 0 Å². The van der Waals surface area contributed by atoms with Gasteiger partial charge in [0.2, 0.25) is 5.78 Å². The number of ketones is 1. The van der Waals surface area contributed by atoms with Crippen molar-refractivity contribution in [2.24, 2.45) is 10.9 Å². The first-order chi connectivity index (χ1) is 11.0. The fraction of sp³-hybridized carbons (Fsp3) is 0.118. The third-order valence-electron chi connectivity index (χ3n) is 3.59. The van der Waals surface area contributed by atoms with Crippen molar-refractivity contribution in [3.63, 3.8) is 0 Å². The van der Waals surface area contributed by atoms with E-state index >= 15 is 0 Å². The minimum Gasteiger partial charge on any atom is -0.508 e. The molecule has 2 rings (SSSR count). The van der Waals surface area contributed by atoms with Gasteiger partial charge in [0.15, 0.2) is 5.76 Å². The number of phenols is 1. The molecule has 0 spiro atoms. The summed E-state index contributed by atoms with van der Waals surface area (Å²) in [6.07, 6.45) is 4.28. The van der Waals surface area contributed by atoms with Gasteiger partial charge in [-0.25, -0.2) is 0 Å². The summed E-state index contributed by atoms with van der Waals surface area (Å²) < 4.78 is 0. The van der Waals surface area contributed by atoms with Gasteiger partial charge in [-0.3, -0.25) is 4.79 Å². The second-order valence-electron chi connectivity index (χ2n) is 4.90. The molecule has 6 heteroatoms. The van der Waals surface area contributed by atoms with E-state index in [1.807, 2.05) is 0 Å². The van der Waals surface area contributed by atoms with Gasteiger partial charge < -0.3 is 15.9 Å². The molecule has 0 amide bonds. The maximum Gasteiger partial charge on any atom is 0.230 e. The van der Waals surface area contributed by atoms with E-state index in [9.17, 15) is 19.9 Å². The molecule has 23 heavy (non-hydrogen) atoms. The molecule has 0 heterocycles. The number of hydrogen-bond acceptors (Lipinski definition) is 6. The molecule has 1 aromatic carbocycles. The number of phenolic OH excluding ortho intramolecular Hbond substituents is 1. The van der Waals surface area contributed by atoms with Gasteiger partial charge in [0.1, 0.15) is 11.4 Å². The number of rotatable bonds is 3. The van der Waals surface area contributed by atoms with E-state index in [4.69, 9.17) is 5.73 Å². The normalized spacial score (nSPS) is 19.5. The maximum atomic E-state index is 12.5. The number of aliphatic hydroxyl groups is 1. The number of allylic oxidation sites excluding steroid dienone is 5. The van der Waals surface area contributed by atoms with Crippen molar-refractivity contribution in [2.75, 3.05) is 0 Å². The molecule has 0 unspecified atom stereocenters. The molecule has 0 bridgehead atoms. The lowest BCUT2D eigenvalue weighted by atomic mass is 9.83. The van der Waals surface area contributed by atoms with Gasteiger partial charge in [0.25, 0.3) is 0 Å². The second kappa shape index (κ2) is 6.74. The van der Waals surface area contributed by atoms with Crippen molar-refractivity contribution in [1.29, 1.82) is 0 Å². The fourth-order valence-corrected chi connectivity index (χ4v) is 2.44. The molecule has 4 N–H and O–H groups in total. The third-order valence-corrected chi connectivity index (χ3v) is 3.59. The van der Waals surface area contributed by atoms with E-state index in [1.54, 1.807) is 25.1 Å². The fourth-order valence-electron chi connectivity index (χ4n) is 2.44. The lowest BCUT2D eigenvalue weighted by Crippen LogP contribution is -2.18. The van der Waals surface area contributed by atoms with Crippen molar-refractivity contribution in [3.8, 4) is 5.75 Å². The molecular weight excluding hydrogens is 296 g/mol. The quantitative estimate of drug-likeness (QED) is 0.586. The first-order valence-corrected chi connectivity index (χ1v) is 6.91. The Morgan fingerprint density at radius 3 is 2.43 bits per heavy atom. The van der Waals surface area contributed by atoms with Gasteiger partial charge in [-0.05, 0) is 47.6 Å². The average molecular weight is 312 g/mol. The number of aromatic hydroxyl groups is 1. The Morgan fingerprint density at radius 2 is 1.91 bits per heavy atom. The van der Waals surface area contributed by atoms with E-state index in [2.05, 4.69) is 5.18 Å². The summed E-state index contributed by atoms with van der Waals surface area (Å²) in [5.41, 5.74) is 6.80. The smallest absolute Gasteiger partial charge is 0.230 e. The Kier molecular flexibility index (Phi) is 4.75. The van der Waals surface area contributed by atoms with Gasteiger partial charge in [0, 0.05) is 12.0 Å². The van der Waals surface area contributed by atoms with E-state index in [1.165, 1.54) is 18.2 Å². The van der Waals surface area contributed by atoms with Crippen molar-refractivity contribution in [2.45, 2.75) is 13.3 Å². The van der Waals surface area contributed by atoms with Crippen LogP contribution in [0.3, 0.4) is 0 Å². The van der Waals surface area contributed by atoms with Crippen molar-refractivity contribution in [1.82, 2.24) is 0 Å². The molecule has 0 aromatic heterocycles. The van der Waals surface area contributed by atoms with E-state index in [0.717, 1.165) is 6.20 Å². The molecular formula is C17H16N2O4. The number of nitrogens with zero attached hydrogens (tertiary/aromatic N) is 1. The monoisotopic (exact) mass is 312 g/mol. The minimum atomic E-state index is -0.680. The number of carbonyl (C=O) groups excluding carboxylic acids is 1. The number of nitroso groups, excluding NO2 is 1. The molecule has 0 saturated heterocycles. The Morgan fingerprint density at radius 1 is 1.26 bits per heavy atom. The number of nitrogens with two attached hydrogens (primary N) is 1. The number of carbonyl (C=O) groups is 1. The maximum absolute atomic E-state index is 12.5. The average Bonchev–Trinajstić information content (AvgIpc) is 2.56. The topological polar surface area (TPSA) is 113 Å². The highest BCUT2D eigenvalue weighted by Gasteiger charge is 2.31. The van der Waals surface area contributed by atoms with E-state index < -0.39 is 11.5 Å². The zero-order valence-electron chi connectivity index (χ0n) is 12.5. The van der Waals surface area contributed by atoms with Crippen LogP contribution in [-0.4, -0.2) is 16.0 Å². The van der Waals surface area contributed by atoms with Crippen LogP contribution < -0.4 is 5.73 Å². The molecule has 1 aliphatic rings. The number of aliphatic hydroxyl groups excluding tert-OH is 1. The molecule has 118 valence electrons. The molecule has 0 aliphatic heterocycles. The summed E-state index contributed by atoms with van der Waals surface area (Å²) in [6.45, 7) is 1.73. The largest absolute Gasteiger partial charge is 0.508 e.